The Morgan fingerprint density at radius 2 is 2.19 bits per heavy atom. The van der Waals surface area contributed by atoms with E-state index in [1.54, 1.807) is 6.33 Å². The van der Waals surface area contributed by atoms with Gasteiger partial charge in [0.1, 0.15) is 11.2 Å². The largest absolute Gasteiger partial charge is 0.397 e. The number of fused-ring (bicyclic) bond motifs is 1. The van der Waals surface area contributed by atoms with Gasteiger partial charge in [0.25, 0.3) is 5.91 Å². The molecule has 0 unspecified atom stereocenters. The lowest BCUT2D eigenvalue weighted by molar-refractivity contribution is 0.100. The van der Waals surface area contributed by atoms with Crippen LogP contribution in [0.3, 0.4) is 0 Å². The van der Waals surface area contributed by atoms with Gasteiger partial charge in [0.05, 0.1) is 17.2 Å². The van der Waals surface area contributed by atoms with Gasteiger partial charge in [0.15, 0.2) is 5.82 Å². The zero-order valence-electron chi connectivity index (χ0n) is 11.5. The topological polar surface area (TPSA) is 103 Å². The Morgan fingerprint density at radius 1 is 1.38 bits per heavy atom. The molecule has 1 aliphatic heterocycles. The minimum Gasteiger partial charge on any atom is -0.397 e. The molecule has 8 heteroatoms. The van der Waals surface area contributed by atoms with E-state index in [1.165, 1.54) is 11.3 Å². The van der Waals surface area contributed by atoms with Crippen LogP contribution in [-0.2, 0) is 13.1 Å². The van der Waals surface area contributed by atoms with Gasteiger partial charge in [-0.15, -0.1) is 21.5 Å². The van der Waals surface area contributed by atoms with E-state index in [2.05, 4.69) is 19.7 Å². The highest BCUT2D eigenvalue weighted by Crippen LogP contribution is 2.52. The van der Waals surface area contributed by atoms with Crippen molar-refractivity contribution in [1.29, 1.82) is 0 Å². The lowest BCUT2D eigenvalue weighted by atomic mass is 10.1. The van der Waals surface area contributed by atoms with Crippen molar-refractivity contribution in [2.24, 2.45) is 5.73 Å². The summed E-state index contributed by atoms with van der Waals surface area (Å²) in [5.74, 6) is 0.977. The number of carbonyl (C=O) groups excluding carboxylic acids is 1. The number of nitrogens with zero attached hydrogens (tertiary/aromatic N) is 4. The maximum Gasteiger partial charge on any atom is 0.260 e. The molecule has 0 aromatic carbocycles. The molecule has 4 rings (SSSR count). The van der Waals surface area contributed by atoms with Crippen molar-refractivity contribution in [2.45, 2.75) is 31.8 Å². The average Bonchev–Trinajstić information content (AvgIpc) is 3.07. The molecule has 1 saturated carbocycles. The first kappa shape index (κ1) is 12.6. The van der Waals surface area contributed by atoms with Gasteiger partial charge in [-0.2, -0.15) is 0 Å². The minimum absolute atomic E-state index is 0.439. The van der Waals surface area contributed by atoms with Gasteiger partial charge >= 0.3 is 0 Å². The van der Waals surface area contributed by atoms with E-state index in [9.17, 15) is 4.79 Å². The summed E-state index contributed by atoms with van der Waals surface area (Å²) in [5.41, 5.74) is 13.3. The number of nitrogens with two attached hydrogens (primary N) is 2. The van der Waals surface area contributed by atoms with Crippen molar-refractivity contribution in [1.82, 2.24) is 14.8 Å². The second kappa shape index (κ2) is 4.45. The van der Waals surface area contributed by atoms with Crippen LogP contribution >= 0.6 is 11.3 Å². The first-order valence-electron chi connectivity index (χ1n) is 6.98. The van der Waals surface area contributed by atoms with Crippen molar-refractivity contribution in [3.8, 4) is 0 Å². The van der Waals surface area contributed by atoms with Gasteiger partial charge in [0.2, 0.25) is 0 Å². The molecule has 0 spiro atoms. The number of amides is 1. The number of hydrogen-bond donors (Lipinski definition) is 2. The Bertz CT molecular complexity index is 716. The summed E-state index contributed by atoms with van der Waals surface area (Å²) >= 11 is 1.42. The highest BCUT2D eigenvalue weighted by molar-refractivity contribution is 7.18. The Kier molecular flexibility index (Phi) is 2.68. The standard InChI is InChI=1S/C13H16N6OS/c14-10-9(7-1-2-7)13(21-11(10)12(15)20)18-3-4-19-6-16-17-8(19)5-18/h6-7H,1-5,14H2,(H2,15,20). The van der Waals surface area contributed by atoms with Crippen molar-refractivity contribution in [3.05, 3.63) is 22.6 Å². The molecule has 2 aromatic rings. The van der Waals surface area contributed by atoms with Crippen LogP contribution in [0.15, 0.2) is 6.33 Å². The summed E-state index contributed by atoms with van der Waals surface area (Å²) in [6, 6.07) is 0. The summed E-state index contributed by atoms with van der Waals surface area (Å²) in [6.07, 6.45) is 4.03. The normalized spacial score (nSPS) is 17.8. The lowest BCUT2D eigenvalue weighted by Gasteiger charge is -2.28. The van der Waals surface area contributed by atoms with Crippen LogP contribution in [0.5, 0.6) is 0 Å². The predicted octanol–water partition coefficient (Wildman–Crippen LogP) is 0.918. The summed E-state index contributed by atoms with van der Waals surface area (Å²) in [4.78, 5) is 14.3. The molecule has 1 fully saturated rings. The zero-order valence-corrected chi connectivity index (χ0v) is 12.3. The van der Waals surface area contributed by atoms with Crippen molar-refractivity contribution >= 4 is 27.9 Å². The van der Waals surface area contributed by atoms with E-state index in [4.69, 9.17) is 11.5 Å². The van der Waals surface area contributed by atoms with E-state index in [0.29, 0.717) is 23.0 Å². The third-order valence-electron chi connectivity index (χ3n) is 4.10. The summed E-state index contributed by atoms with van der Waals surface area (Å²) in [5, 5.41) is 9.17. The molecule has 7 nitrogen and oxygen atoms in total. The average molecular weight is 304 g/mol. The number of anilines is 2. The van der Waals surface area contributed by atoms with Gasteiger partial charge in [0, 0.05) is 18.7 Å². The number of aromatic nitrogens is 3. The van der Waals surface area contributed by atoms with E-state index in [0.717, 1.165) is 42.3 Å². The smallest absolute Gasteiger partial charge is 0.260 e. The highest BCUT2D eigenvalue weighted by atomic mass is 32.1. The van der Waals surface area contributed by atoms with E-state index in [1.807, 2.05) is 0 Å². The summed E-state index contributed by atoms with van der Waals surface area (Å²) in [7, 11) is 0. The van der Waals surface area contributed by atoms with Crippen LogP contribution in [0.1, 0.15) is 39.8 Å². The molecule has 3 heterocycles. The minimum atomic E-state index is -0.439. The van der Waals surface area contributed by atoms with Crippen LogP contribution in [0.2, 0.25) is 0 Å². The summed E-state index contributed by atoms with van der Waals surface area (Å²) < 4.78 is 2.05. The maximum atomic E-state index is 11.6. The van der Waals surface area contributed by atoms with Crippen LogP contribution in [0.4, 0.5) is 10.7 Å². The molecule has 1 aliphatic carbocycles. The Labute approximate surface area is 125 Å². The molecule has 1 amide bonds. The maximum absolute atomic E-state index is 11.6. The number of hydrogen-bond acceptors (Lipinski definition) is 6. The van der Waals surface area contributed by atoms with Crippen molar-refractivity contribution < 1.29 is 4.79 Å². The van der Waals surface area contributed by atoms with Crippen LogP contribution in [0.25, 0.3) is 0 Å². The monoisotopic (exact) mass is 304 g/mol. The molecule has 110 valence electrons. The quantitative estimate of drug-likeness (QED) is 0.877. The molecule has 2 aliphatic rings. The first-order chi connectivity index (χ1) is 10.1. The Balaban J connectivity index is 1.75. The van der Waals surface area contributed by atoms with Crippen molar-refractivity contribution in [3.63, 3.8) is 0 Å². The van der Waals surface area contributed by atoms with E-state index >= 15 is 0 Å². The second-order valence-corrected chi connectivity index (χ2v) is 6.56. The fourth-order valence-electron chi connectivity index (χ4n) is 2.87. The van der Waals surface area contributed by atoms with Gasteiger partial charge in [-0.25, -0.2) is 0 Å². The first-order valence-corrected chi connectivity index (χ1v) is 7.80. The van der Waals surface area contributed by atoms with E-state index in [-0.39, 0.29) is 0 Å². The van der Waals surface area contributed by atoms with Crippen LogP contribution in [0, 0.1) is 0 Å². The van der Waals surface area contributed by atoms with Crippen LogP contribution < -0.4 is 16.4 Å². The molecular formula is C13H16N6OS. The van der Waals surface area contributed by atoms with Gasteiger partial charge in [-0.3, -0.25) is 4.79 Å². The molecule has 4 N–H and O–H groups in total. The Morgan fingerprint density at radius 3 is 2.90 bits per heavy atom. The van der Waals surface area contributed by atoms with Crippen LogP contribution in [-0.4, -0.2) is 27.2 Å². The summed E-state index contributed by atoms with van der Waals surface area (Å²) in [6.45, 7) is 2.40. The highest BCUT2D eigenvalue weighted by Gasteiger charge is 2.35. The number of carbonyl (C=O) groups is 1. The molecule has 0 atom stereocenters. The predicted molar refractivity (Wildman–Crippen MR) is 80.3 cm³/mol. The number of rotatable bonds is 3. The number of nitrogen functional groups attached to an aromatic ring is 1. The Hall–Kier alpha value is -2.09. The number of thiophene rings is 1. The molecule has 21 heavy (non-hydrogen) atoms. The second-order valence-electron chi connectivity index (χ2n) is 5.56. The number of primary amides is 1. The molecular weight excluding hydrogens is 288 g/mol. The fourth-order valence-corrected chi connectivity index (χ4v) is 4.05. The third kappa shape index (κ3) is 1.98. The van der Waals surface area contributed by atoms with Gasteiger partial charge in [-0.05, 0) is 18.8 Å². The van der Waals surface area contributed by atoms with Crippen molar-refractivity contribution in [2.75, 3.05) is 17.2 Å². The van der Waals surface area contributed by atoms with E-state index < -0.39 is 5.91 Å². The molecule has 0 radical (unpaired) electrons. The van der Waals surface area contributed by atoms with Gasteiger partial charge < -0.3 is 20.9 Å². The fraction of sp³-hybridized carbons (Fsp3) is 0.462. The third-order valence-corrected chi connectivity index (χ3v) is 5.40. The molecule has 0 saturated heterocycles. The zero-order chi connectivity index (χ0) is 14.6. The van der Waals surface area contributed by atoms with Gasteiger partial charge in [-0.1, -0.05) is 0 Å². The molecule has 2 aromatic heterocycles. The lowest BCUT2D eigenvalue weighted by Crippen LogP contribution is -2.33. The molecule has 0 bridgehead atoms. The SMILES string of the molecule is NC(=O)c1sc(N2CCn3cnnc3C2)c(C2CC2)c1N.